The van der Waals surface area contributed by atoms with Crippen LogP contribution in [0, 0.1) is 5.92 Å². The molecule has 1 atom stereocenters. The van der Waals surface area contributed by atoms with Gasteiger partial charge in [0.15, 0.2) is 0 Å². The lowest BCUT2D eigenvalue weighted by Gasteiger charge is -2.14. The molecule has 1 aromatic carbocycles. The van der Waals surface area contributed by atoms with Crippen LogP contribution in [0.4, 0.5) is 0 Å². The van der Waals surface area contributed by atoms with Crippen molar-refractivity contribution in [3.05, 3.63) is 35.9 Å². The molecule has 1 N–H and O–H groups in total. The van der Waals surface area contributed by atoms with Crippen LogP contribution >= 0.6 is 0 Å². The Kier molecular flexibility index (Phi) is 7.75. The maximum absolute atomic E-state index is 3.60. The van der Waals surface area contributed by atoms with Crippen LogP contribution in [-0.4, -0.2) is 6.54 Å². The molecule has 1 unspecified atom stereocenters. The molecule has 0 aromatic heterocycles. The molecular formula is C17H29N. The van der Waals surface area contributed by atoms with E-state index in [4.69, 9.17) is 0 Å². The fourth-order valence-electron chi connectivity index (χ4n) is 2.21. The molecule has 0 amide bonds. The van der Waals surface area contributed by atoms with Crippen LogP contribution in [0.1, 0.15) is 64.5 Å². The third-order valence-corrected chi connectivity index (χ3v) is 3.46. The minimum Gasteiger partial charge on any atom is -0.310 e. The first-order valence-electron chi connectivity index (χ1n) is 7.48. The third-order valence-electron chi connectivity index (χ3n) is 3.46. The minimum atomic E-state index is 0.474. The van der Waals surface area contributed by atoms with Gasteiger partial charge in [-0.05, 0) is 31.4 Å². The summed E-state index contributed by atoms with van der Waals surface area (Å²) in [5.41, 5.74) is 1.39. The van der Waals surface area contributed by atoms with Crippen LogP contribution in [0.5, 0.6) is 0 Å². The molecule has 0 aliphatic heterocycles. The van der Waals surface area contributed by atoms with E-state index in [0.717, 1.165) is 12.5 Å². The zero-order chi connectivity index (χ0) is 13.2. The SMILES string of the molecule is CC(C)CCCCCCNC(C)c1ccccc1. The van der Waals surface area contributed by atoms with Gasteiger partial charge >= 0.3 is 0 Å². The van der Waals surface area contributed by atoms with Gasteiger partial charge in [-0.3, -0.25) is 0 Å². The first-order chi connectivity index (χ1) is 8.70. The molecule has 0 radical (unpaired) electrons. The molecule has 0 spiro atoms. The number of nitrogens with one attached hydrogen (secondary N) is 1. The number of unbranched alkanes of at least 4 members (excludes halogenated alkanes) is 3. The standard InChI is InChI=1S/C17H29N/c1-15(2)11-7-4-5-10-14-18-16(3)17-12-8-6-9-13-17/h6,8-9,12-13,15-16,18H,4-5,7,10-11,14H2,1-3H3. The van der Waals surface area contributed by atoms with Crippen molar-refractivity contribution >= 4 is 0 Å². The summed E-state index contributed by atoms with van der Waals surface area (Å²) in [5, 5.41) is 3.60. The fourth-order valence-corrected chi connectivity index (χ4v) is 2.21. The zero-order valence-electron chi connectivity index (χ0n) is 12.3. The van der Waals surface area contributed by atoms with Crippen LogP contribution < -0.4 is 5.32 Å². The minimum absolute atomic E-state index is 0.474. The quantitative estimate of drug-likeness (QED) is 0.609. The Morgan fingerprint density at radius 2 is 1.56 bits per heavy atom. The summed E-state index contributed by atoms with van der Waals surface area (Å²) in [4.78, 5) is 0. The summed E-state index contributed by atoms with van der Waals surface area (Å²) >= 11 is 0. The van der Waals surface area contributed by atoms with E-state index in [0.29, 0.717) is 6.04 Å². The second-order valence-corrected chi connectivity index (χ2v) is 5.68. The topological polar surface area (TPSA) is 12.0 Å². The van der Waals surface area contributed by atoms with Gasteiger partial charge < -0.3 is 5.32 Å². The molecule has 0 saturated carbocycles. The Labute approximate surface area is 113 Å². The Morgan fingerprint density at radius 1 is 0.889 bits per heavy atom. The first-order valence-corrected chi connectivity index (χ1v) is 7.48. The van der Waals surface area contributed by atoms with Crippen molar-refractivity contribution in [2.45, 2.75) is 58.9 Å². The highest BCUT2D eigenvalue weighted by atomic mass is 14.9. The van der Waals surface area contributed by atoms with Gasteiger partial charge in [-0.25, -0.2) is 0 Å². The van der Waals surface area contributed by atoms with E-state index in [1.54, 1.807) is 0 Å². The number of benzene rings is 1. The van der Waals surface area contributed by atoms with Crippen molar-refractivity contribution < 1.29 is 0 Å². The maximum atomic E-state index is 3.60. The van der Waals surface area contributed by atoms with Crippen molar-refractivity contribution in [2.24, 2.45) is 5.92 Å². The highest BCUT2D eigenvalue weighted by Crippen LogP contribution is 2.12. The zero-order valence-corrected chi connectivity index (χ0v) is 12.3. The lowest BCUT2D eigenvalue weighted by atomic mass is 10.0. The molecule has 0 bridgehead atoms. The highest BCUT2D eigenvalue weighted by Gasteiger charge is 2.02. The smallest absolute Gasteiger partial charge is 0.0291 e. The van der Waals surface area contributed by atoms with Gasteiger partial charge in [-0.1, -0.05) is 69.9 Å². The fraction of sp³-hybridized carbons (Fsp3) is 0.647. The molecule has 1 aromatic rings. The Bertz CT molecular complexity index is 292. The molecule has 0 saturated heterocycles. The molecule has 1 rings (SSSR count). The second kappa shape index (κ2) is 9.16. The Balaban J connectivity index is 2.01. The van der Waals surface area contributed by atoms with Gasteiger partial charge in [0, 0.05) is 6.04 Å². The normalized spacial score (nSPS) is 12.9. The number of hydrogen-bond acceptors (Lipinski definition) is 1. The van der Waals surface area contributed by atoms with E-state index in [1.165, 1.54) is 37.7 Å². The Hall–Kier alpha value is -0.820. The van der Waals surface area contributed by atoms with Gasteiger partial charge in [0.2, 0.25) is 0 Å². The largest absolute Gasteiger partial charge is 0.310 e. The summed E-state index contributed by atoms with van der Waals surface area (Å²) in [7, 11) is 0. The van der Waals surface area contributed by atoms with Crippen LogP contribution in [0.3, 0.4) is 0 Å². The van der Waals surface area contributed by atoms with Crippen LogP contribution in [-0.2, 0) is 0 Å². The van der Waals surface area contributed by atoms with E-state index in [-0.39, 0.29) is 0 Å². The molecule has 1 nitrogen and oxygen atoms in total. The predicted molar refractivity (Wildman–Crippen MR) is 80.8 cm³/mol. The molecule has 0 aliphatic rings. The Morgan fingerprint density at radius 3 is 2.22 bits per heavy atom. The monoisotopic (exact) mass is 247 g/mol. The van der Waals surface area contributed by atoms with E-state index in [2.05, 4.69) is 56.4 Å². The van der Waals surface area contributed by atoms with E-state index in [9.17, 15) is 0 Å². The average Bonchev–Trinajstić information content (AvgIpc) is 2.38. The third kappa shape index (κ3) is 6.80. The van der Waals surface area contributed by atoms with Crippen molar-refractivity contribution in [3.63, 3.8) is 0 Å². The van der Waals surface area contributed by atoms with Crippen molar-refractivity contribution in [1.29, 1.82) is 0 Å². The van der Waals surface area contributed by atoms with E-state index in [1.807, 2.05) is 0 Å². The summed E-state index contributed by atoms with van der Waals surface area (Å²) in [6, 6.07) is 11.2. The van der Waals surface area contributed by atoms with Crippen molar-refractivity contribution in [2.75, 3.05) is 6.54 Å². The van der Waals surface area contributed by atoms with E-state index >= 15 is 0 Å². The predicted octanol–water partition coefficient (Wildman–Crippen LogP) is 4.94. The molecule has 0 heterocycles. The summed E-state index contributed by atoms with van der Waals surface area (Å²) in [6.07, 6.45) is 6.83. The molecule has 102 valence electrons. The van der Waals surface area contributed by atoms with Gasteiger partial charge in [-0.15, -0.1) is 0 Å². The molecule has 1 heteroatoms. The molecule has 0 fully saturated rings. The molecule has 0 aliphatic carbocycles. The van der Waals surface area contributed by atoms with Crippen molar-refractivity contribution in [1.82, 2.24) is 5.32 Å². The lowest BCUT2D eigenvalue weighted by molar-refractivity contribution is 0.498. The van der Waals surface area contributed by atoms with Gasteiger partial charge in [0.25, 0.3) is 0 Å². The average molecular weight is 247 g/mol. The maximum Gasteiger partial charge on any atom is 0.0291 e. The first kappa shape index (κ1) is 15.2. The lowest BCUT2D eigenvalue weighted by Crippen LogP contribution is -2.19. The second-order valence-electron chi connectivity index (χ2n) is 5.68. The van der Waals surface area contributed by atoms with Crippen molar-refractivity contribution in [3.8, 4) is 0 Å². The highest BCUT2D eigenvalue weighted by molar-refractivity contribution is 5.17. The summed E-state index contributed by atoms with van der Waals surface area (Å²) in [6.45, 7) is 8.00. The van der Waals surface area contributed by atoms with Crippen LogP contribution in [0.25, 0.3) is 0 Å². The van der Waals surface area contributed by atoms with E-state index < -0.39 is 0 Å². The van der Waals surface area contributed by atoms with Crippen LogP contribution in [0.2, 0.25) is 0 Å². The van der Waals surface area contributed by atoms with Crippen LogP contribution in [0.15, 0.2) is 30.3 Å². The van der Waals surface area contributed by atoms with Gasteiger partial charge in [0.1, 0.15) is 0 Å². The summed E-state index contributed by atoms with van der Waals surface area (Å²) < 4.78 is 0. The number of hydrogen-bond donors (Lipinski definition) is 1. The van der Waals surface area contributed by atoms with Gasteiger partial charge in [0.05, 0.1) is 0 Å². The number of rotatable bonds is 9. The van der Waals surface area contributed by atoms with Gasteiger partial charge in [-0.2, -0.15) is 0 Å². The molecular weight excluding hydrogens is 218 g/mol. The summed E-state index contributed by atoms with van der Waals surface area (Å²) in [5.74, 6) is 0.862. The molecule has 18 heavy (non-hydrogen) atoms.